The number of benzene rings is 2. The minimum absolute atomic E-state index is 0.0289. The number of hydrogen-bond donors (Lipinski definition) is 2. The Labute approximate surface area is 176 Å². The fraction of sp³-hybridized carbons (Fsp3) is 0.300. The van der Waals surface area contributed by atoms with Gasteiger partial charge in [0.2, 0.25) is 5.91 Å². The molecule has 0 heterocycles. The van der Waals surface area contributed by atoms with Crippen molar-refractivity contribution in [1.82, 2.24) is 10.6 Å². The average molecular weight is 436 g/mol. The first-order valence-electron chi connectivity index (χ1n) is 9.08. The van der Waals surface area contributed by atoms with Crippen LogP contribution in [0.25, 0.3) is 0 Å². The molecule has 0 aliphatic carbocycles. The van der Waals surface area contributed by atoms with Crippen molar-refractivity contribution in [3.63, 3.8) is 0 Å². The highest BCUT2D eigenvalue weighted by atomic mass is 32.2. The van der Waals surface area contributed by atoms with Crippen molar-refractivity contribution in [2.45, 2.75) is 11.8 Å². The van der Waals surface area contributed by atoms with Gasteiger partial charge in [0, 0.05) is 13.7 Å². The Morgan fingerprint density at radius 1 is 1.00 bits per heavy atom. The highest BCUT2D eigenvalue weighted by molar-refractivity contribution is 7.92. The zero-order chi connectivity index (χ0) is 22.1. The van der Waals surface area contributed by atoms with Gasteiger partial charge in [0.15, 0.2) is 0 Å². The Balaban J connectivity index is 2.28. The van der Waals surface area contributed by atoms with Gasteiger partial charge in [-0.25, -0.2) is 13.2 Å². The molecule has 0 aliphatic heterocycles. The number of imide groups is 1. The summed E-state index contributed by atoms with van der Waals surface area (Å²) in [6.07, 6.45) is 0. The normalized spacial score (nSPS) is 10.9. The lowest BCUT2D eigenvalue weighted by Gasteiger charge is -2.24. The van der Waals surface area contributed by atoms with Crippen LogP contribution in [-0.4, -0.2) is 54.3 Å². The minimum atomic E-state index is -4.06. The molecule has 9 nitrogen and oxygen atoms in total. The number of carbonyl (C=O) groups is 2. The Morgan fingerprint density at radius 3 is 2.20 bits per heavy atom. The molecule has 2 N–H and O–H groups in total. The first kappa shape index (κ1) is 23.2. The number of sulfonamides is 1. The molecule has 3 amide bonds. The molecule has 0 bridgehead atoms. The van der Waals surface area contributed by atoms with Gasteiger partial charge in [0.05, 0.1) is 24.3 Å². The van der Waals surface area contributed by atoms with Gasteiger partial charge in [-0.2, -0.15) is 0 Å². The van der Waals surface area contributed by atoms with E-state index in [9.17, 15) is 18.0 Å². The smallest absolute Gasteiger partial charge is 0.321 e. The van der Waals surface area contributed by atoms with E-state index in [1.54, 1.807) is 24.3 Å². The molecule has 0 unspecified atom stereocenters. The van der Waals surface area contributed by atoms with E-state index in [4.69, 9.17) is 9.47 Å². The number of urea groups is 1. The third-order valence-corrected chi connectivity index (χ3v) is 5.89. The maximum atomic E-state index is 13.2. The Hall–Kier alpha value is -3.11. The van der Waals surface area contributed by atoms with Crippen LogP contribution >= 0.6 is 0 Å². The lowest BCUT2D eigenvalue weighted by Crippen LogP contribution is -2.46. The predicted octanol–water partition coefficient (Wildman–Crippen LogP) is 1.67. The fourth-order valence-electron chi connectivity index (χ4n) is 2.51. The summed E-state index contributed by atoms with van der Waals surface area (Å²) in [7, 11) is -1.09. The van der Waals surface area contributed by atoms with E-state index in [2.05, 4.69) is 10.6 Å². The van der Waals surface area contributed by atoms with Crippen LogP contribution in [0.2, 0.25) is 0 Å². The fourth-order valence-corrected chi connectivity index (χ4v) is 3.93. The molecule has 2 aromatic carbocycles. The predicted molar refractivity (Wildman–Crippen MR) is 112 cm³/mol. The standard InChI is InChI=1S/C20H25N3O6S/c1-15-4-10-18(11-5-15)30(26,27)23(16-6-8-17(29-3)9-7-16)14-19(24)22-20(25)21-12-13-28-2/h4-11H,12-14H2,1-3H3,(H2,21,22,24,25). The summed E-state index contributed by atoms with van der Waals surface area (Å²) in [5.74, 6) is -0.246. The van der Waals surface area contributed by atoms with E-state index in [1.165, 1.54) is 38.5 Å². The van der Waals surface area contributed by atoms with Crippen molar-refractivity contribution in [2.24, 2.45) is 0 Å². The van der Waals surface area contributed by atoms with E-state index >= 15 is 0 Å². The molecule has 0 saturated carbocycles. The van der Waals surface area contributed by atoms with Crippen LogP contribution in [0.3, 0.4) is 0 Å². The Bertz CT molecular complexity index is 959. The quantitative estimate of drug-likeness (QED) is 0.579. The van der Waals surface area contributed by atoms with Gasteiger partial charge >= 0.3 is 6.03 Å². The second kappa shape index (κ2) is 10.6. The maximum absolute atomic E-state index is 13.2. The van der Waals surface area contributed by atoms with Crippen molar-refractivity contribution in [2.75, 3.05) is 38.2 Å². The van der Waals surface area contributed by atoms with Crippen LogP contribution in [0, 0.1) is 6.92 Å². The zero-order valence-electron chi connectivity index (χ0n) is 17.0. The third kappa shape index (κ3) is 6.19. The number of nitrogens with one attached hydrogen (secondary N) is 2. The van der Waals surface area contributed by atoms with Gasteiger partial charge in [-0.3, -0.25) is 14.4 Å². The lowest BCUT2D eigenvalue weighted by molar-refractivity contribution is -0.118. The number of hydrogen-bond acceptors (Lipinski definition) is 6. The molecule has 0 aliphatic rings. The van der Waals surface area contributed by atoms with Crippen molar-refractivity contribution in [3.8, 4) is 5.75 Å². The zero-order valence-corrected chi connectivity index (χ0v) is 17.9. The monoisotopic (exact) mass is 435 g/mol. The molecule has 0 aromatic heterocycles. The molecule has 0 fully saturated rings. The number of nitrogens with zero attached hydrogens (tertiary/aromatic N) is 1. The lowest BCUT2D eigenvalue weighted by atomic mass is 10.2. The number of aryl methyl sites for hydroxylation is 1. The van der Waals surface area contributed by atoms with Gasteiger partial charge in [0.1, 0.15) is 12.3 Å². The van der Waals surface area contributed by atoms with Crippen LogP contribution < -0.4 is 19.7 Å². The van der Waals surface area contributed by atoms with E-state index in [0.717, 1.165) is 9.87 Å². The van der Waals surface area contributed by atoms with E-state index in [1.807, 2.05) is 6.92 Å². The SMILES string of the molecule is COCCNC(=O)NC(=O)CN(c1ccc(OC)cc1)S(=O)(=O)c1ccc(C)cc1. The van der Waals surface area contributed by atoms with Crippen molar-refractivity contribution in [3.05, 3.63) is 54.1 Å². The first-order chi connectivity index (χ1) is 14.3. The van der Waals surface area contributed by atoms with Crippen LogP contribution in [0.5, 0.6) is 5.75 Å². The molecule has 2 rings (SSSR count). The van der Waals surface area contributed by atoms with Crippen LogP contribution in [0.15, 0.2) is 53.4 Å². The molecule has 10 heteroatoms. The number of anilines is 1. The molecule has 2 aromatic rings. The molecule has 0 radical (unpaired) electrons. The summed E-state index contributed by atoms with van der Waals surface area (Å²) in [4.78, 5) is 24.2. The minimum Gasteiger partial charge on any atom is -0.497 e. The molecule has 30 heavy (non-hydrogen) atoms. The summed E-state index contributed by atoms with van der Waals surface area (Å²) in [5, 5.41) is 4.56. The van der Waals surface area contributed by atoms with Crippen LogP contribution in [0.4, 0.5) is 10.5 Å². The second-order valence-electron chi connectivity index (χ2n) is 6.32. The van der Waals surface area contributed by atoms with Crippen molar-refractivity contribution >= 4 is 27.6 Å². The van der Waals surface area contributed by atoms with Gasteiger partial charge in [-0.15, -0.1) is 0 Å². The number of methoxy groups -OCH3 is 2. The topological polar surface area (TPSA) is 114 Å². The molecular weight excluding hydrogens is 410 g/mol. The maximum Gasteiger partial charge on any atom is 0.321 e. The summed E-state index contributed by atoms with van der Waals surface area (Å²) in [6.45, 7) is 1.74. The summed E-state index contributed by atoms with van der Waals surface area (Å²) >= 11 is 0. The molecule has 0 spiro atoms. The Morgan fingerprint density at radius 2 is 1.63 bits per heavy atom. The first-order valence-corrected chi connectivity index (χ1v) is 10.5. The van der Waals surface area contributed by atoms with E-state index < -0.39 is 28.5 Å². The van der Waals surface area contributed by atoms with Crippen LogP contribution in [-0.2, 0) is 19.6 Å². The molecule has 0 saturated heterocycles. The van der Waals surface area contributed by atoms with Crippen molar-refractivity contribution in [1.29, 1.82) is 0 Å². The molecular formula is C20H25N3O6S. The second-order valence-corrected chi connectivity index (χ2v) is 8.18. The summed E-state index contributed by atoms with van der Waals surface area (Å²) in [5.41, 5.74) is 1.15. The van der Waals surface area contributed by atoms with E-state index in [-0.39, 0.29) is 23.7 Å². The summed E-state index contributed by atoms with van der Waals surface area (Å²) in [6, 6.07) is 11.8. The summed E-state index contributed by atoms with van der Waals surface area (Å²) < 4.78 is 37.3. The number of rotatable bonds is 9. The molecule has 162 valence electrons. The van der Waals surface area contributed by atoms with Gasteiger partial charge < -0.3 is 14.8 Å². The third-order valence-electron chi connectivity index (χ3n) is 4.10. The average Bonchev–Trinajstić information content (AvgIpc) is 2.72. The van der Waals surface area contributed by atoms with Gasteiger partial charge in [-0.1, -0.05) is 17.7 Å². The van der Waals surface area contributed by atoms with E-state index in [0.29, 0.717) is 5.75 Å². The van der Waals surface area contributed by atoms with Crippen LogP contribution in [0.1, 0.15) is 5.56 Å². The highest BCUT2D eigenvalue weighted by Crippen LogP contribution is 2.25. The largest absolute Gasteiger partial charge is 0.497 e. The molecule has 0 atom stereocenters. The van der Waals surface area contributed by atoms with Gasteiger partial charge in [0.25, 0.3) is 10.0 Å². The van der Waals surface area contributed by atoms with Gasteiger partial charge in [-0.05, 0) is 43.3 Å². The highest BCUT2D eigenvalue weighted by Gasteiger charge is 2.27. The Kier molecular flexibility index (Phi) is 8.19. The number of ether oxygens (including phenoxy) is 2. The number of amides is 3. The van der Waals surface area contributed by atoms with Crippen molar-refractivity contribution < 1.29 is 27.5 Å². The number of carbonyl (C=O) groups excluding carboxylic acids is 2.